The molecule has 0 aliphatic carbocycles. The van der Waals surface area contributed by atoms with Gasteiger partial charge in [-0.15, -0.1) is 0 Å². The van der Waals surface area contributed by atoms with Crippen molar-refractivity contribution in [3.05, 3.63) is 52.0 Å². The van der Waals surface area contributed by atoms with Crippen LogP contribution in [-0.4, -0.2) is 11.7 Å². The van der Waals surface area contributed by atoms with Crippen LogP contribution in [0.4, 0.5) is 5.69 Å². The maximum absolute atomic E-state index is 12.2. The SMILES string of the molecule is CC(=O)c1cc(CCC(=O)Nc2c(C)cc(C)cc2C)oc1C. The van der Waals surface area contributed by atoms with Gasteiger partial charge in [-0.25, -0.2) is 0 Å². The Balaban J connectivity index is 2.01. The zero-order valence-corrected chi connectivity index (χ0v) is 14.4. The first-order valence-corrected chi connectivity index (χ1v) is 7.76. The molecule has 122 valence electrons. The van der Waals surface area contributed by atoms with E-state index in [1.54, 1.807) is 13.0 Å². The van der Waals surface area contributed by atoms with Crippen LogP contribution in [0.2, 0.25) is 0 Å². The van der Waals surface area contributed by atoms with Crippen molar-refractivity contribution in [2.75, 3.05) is 5.32 Å². The largest absolute Gasteiger partial charge is 0.466 e. The van der Waals surface area contributed by atoms with E-state index in [2.05, 4.69) is 17.4 Å². The van der Waals surface area contributed by atoms with Crippen molar-refractivity contribution in [1.29, 1.82) is 0 Å². The minimum absolute atomic E-state index is 0.0205. The van der Waals surface area contributed by atoms with Crippen LogP contribution >= 0.6 is 0 Å². The van der Waals surface area contributed by atoms with Crippen molar-refractivity contribution < 1.29 is 14.0 Å². The lowest BCUT2D eigenvalue weighted by molar-refractivity contribution is -0.116. The summed E-state index contributed by atoms with van der Waals surface area (Å²) in [6.45, 7) is 9.29. The Morgan fingerprint density at radius 2 is 1.65 bits per heavy atom. The molecule has 0 saturated heterocycles. The van der Waals surface area contributed by atoms with Crippen LogP contribution in [0, 0.1) is 27.7 Å². The van der Waals surface area contributed by atoms with Gasteiger partial charge in [-0.1, -0.05) is 17.7 Å². The van der Waals surface area contributed by atoms with E-state index in [0.717, 1.165) is 16.8 Å². The second-order valence-corrected chi connectivity index (χ2v) is 6.06. The predicted molar refractivity (Wildman–Crippen MR) is 91.1 cm³/mol. The van der Waals surface area contributed by atoms with Gasteiger partial charge in [0.15, 0.2) is 5.78 Å². The Kier molecular flexibility index (Phi) is 5.04. The normalized spacial score (nSPS) is 10.7. The molecule has 2 aromatic rings. The van der Waals surface area contributed by atoms with Crippen LogP contribution < -0.4 is 5.32 Å². The first-order chi connectivity index (χ1) is 10.8. The molecule has 23 heavy (non-hydrogen) atoms. The molecule has 0 unspecified atom stereocenters. The summed E-state index contributed by atoms with van der Waals surface area (Å²) in [7, 11) is 0. The van der Waals surface area contributed by atoms with Gasteiger partial charge in [-0.3, -0.25) is 9.59 Å². The number of amides is 1. The Morgan fingerprint density at radius 1 is 1.04 bits per heavy atom. The zero-order chi connectivity index (χ0) is 17.1. The third-order valence-corrected chi connectivity index (χ3v) is 3.89. The summed E-state index contributed by atoms with van der Waals surface area (Å²) < 4.78 is 5.54. The zero-order valence-electron chi connectivity index (χ0n) is 14.4. The highest BCUT2D eigenvalue weighted by molar-refractivity contribution is 5.95. The second-order valence-electron chi connectivity index (χ2n) is 6.06. The Morgan fingerprint density at radius 3 is 2.17 bits per heavy atom. The number of carbonyl (C=O) groups excluding carboxylic acids is 2. The van der Waals surface area contributed by atoms with Gasteiger partial charge in [0, 0.05) is 18.5 Å². The number of furan rings is 1. The molecule has 1 N–H and O–H groups in total. The maximum atomic E-state index is 12.2. The molecule has 4 nitrogen and oxygen atoms in total. The van der Waals surface area contributed by atoms with Gasteiger partial charge in [0.25, 0.3) is 0 Å². The molecule has 0 saturated carbocycles. The number of benzene rings is 1. The van der Waals surface area contributed by atoms with Crippen molar-refractivity contribution in [1.82, 2.24) is 0 Å². The van der Waals surface area contributed by atoms with Crippen molar-refractivity contribution in [3.8, 4) is 0 Å². The molecule has 0 spiro atoms. The molecule has 0 atom stereocenters. The van der Waals surface area contributed by atoms with Crippen LogP contribution in [0.5, 0.6) is 0 Å². The minimum Gasteiger partial charge on any atom is -0.466 e. The van der Waals surface area contributed by atoms with E-state index < -0.39 is 0 Å². The van der Waals surface area contributed by atoms with Crippen LogP contribution in [0.25, 0.3) is 0 Å². The molecule has 0 aliphatic heterocycles. The maximum Gasteiger partial charge on any atom is 0.224 e. The number of Topliss-reactive ketones (excluding diaryl/α,β-unsaturated/α-hetero) is 1. The Hall–Kier alpha value is -2.36. The van der Waals surface area contributed by atoms with Crippen LogP contribution in [-0.2, 0) is 11.2 Å². The summed E-state index contributed by atoms with van der Waals surface area (Å²) in [5.41, 5.74) is 4.76. The average Bonchev–Trinajstić information content (AvgIpc) is 2.82. The summed E-state index contributed by atoms with van der Waals surface area (Å²) in [4.78, 5) is 23.6. The number of carbonyl (C=O) groups is 2. The smallest absolute Gasteiger partial charge is 0.224 e. The van der Waals surface area contributed by atoms with Gasteiger partial charge < -0.3 is 9.73 Å². The summed E-state index contributed by atoms with van der Waals surface area (Å²) in [6.07, 6.45) is 0.793. The van der Waals surface area contributed by atoms with Crippen LogP contribution in [0.3, 0.4) is 0 Å². The van der Waals surface area contributed by atoms with Crippen molar-refractivity contribution in [2.24, 2.45) is 0 Å². The Bertz CT molecular complexity index is 733. The third kappa shape index (κ3) is 4.09. The standard InChI is InChI=1S/C19H23NO3/c1-11-8-12(2)19(13(3)9-11)20-18(22)7-6-16-10-17(14(4)21)15(5)23-16/h8-10H,6-7H2,1-5H3,(H,20,22). The summed E-state index contributed by atoms with van der Waals surface area (Å²) in [5, 5.41) is 2.97. The quantitative estimate of drug-likeness (QED) is 0.838. The molecule has 1 heterocycles. The molecule has 1 amide bonds. The van der Waals surface area contributed by atoms with Crippen molar-refractivity contribution >= 4 is 17.4 Å². The van der Waals surface area contributed by atoms with E-state index in [9.17, 15) is 9.59 Å². The van der Waals surface area contributed by atoms with Gasteiger partial charge in [0.05, 0.1) is 5.56 Å². The fourth-order valence-electron chi connectivity index (χ4n) is 2.83. The summed E-state index contributed by atoms with van der Waals surface area (Å²) in [5.74, 6) is 1.20. The number of aryl methyl sites for hydroxylation is 5. The predicted octanol–water partition coefficient (Wildman–Crippen LogP) is 4.29. The molecule has 1 aromatic carbocycles. The molecular weight excluding hydrogens is 290 g/mol. The number of hydrogen-bond donors (Lipinski definition) is 1. The van der Waals surface area contributed by atoms with Crippen LogP contribution in [0.15, 0.2) is 22.6 Å². The summed E-state index contributed by atoms with van der Waals surface area (Å²) >= 11 is 0. The first kappa shape index (κ1) is 17.0. The van der Waals surface area contributed by atoms with Gasteiger partial charge in [-0.05, 0) is 51.8 Å². The molecule has 4 heteroatoms. The fraction of sp³-hybridized carbons (Fsp3) is 0.368. The first-order valence-electron chi connectivity index (χ1n) is 7.76. The molecule has 0 aliphatic rings. The summed E-state index contributed by atoms with van der Waals surface area (Å²) in [6, 6.07) is 5.84. The topological polar surface area (TPSA) is 59.3 Å². The minimum atomic E-state index is -0.0570. The van der Waals surface area contributed by atoms with Crippen LogP contribution in [0.1, 0.15) is 51.9 Å². The van der Waals surface area contributed by atoms with E-state index in [1.807, 2.05) is 20.8 Å². The van der Waals surface area contributed by atoms with Gasteiger partial charge in [0.1, 0.15) is 11.5 Å². The second kappa shape index (κ2) is 6.82. The van der Waals surface area contributed by atoms with E-state index >= 15 is 0 Å². The number of nitrogens with one attached hydrogen (secondary N) is 1. The van der Waals surface area contributed by atoms with Crippen molar-refractivity contribution in [2.45, 2.75) is 47.5 Å². The Labute approximate surface area is 136 Å². The fourth-order valence-corrected chi connectivity index (χ4v) is 2.83. The highest BCUT2D eigenvalue weighted by Gasteiger charge is 2.13. The van der Waals surface area contributed by atoms with E-state index in [-0.39, 0.29) is 11.7 Å². The number of rotatable bonds is 5. The lowest BCUT2D eigenvalue weighted by Gasteiger charge is -2.12. The number of anilines is 1. The van der Waals surface area contributed by atoms with E-state index in [0.29, 0.717) is 29.9 Å². The lowest BCUT2D eigenvalue weighted by Crippen LogP contribution is -2.14. The highest BCUT2D eigenvalue weighted by atomic mass is 16.3. The molecule has 2 rings (SSSR count). The third-order valence-electron chi connectivity index (χ3n) is 3.89. The molecule has 1 aromatic heterocycles. The highest BCUT2D eigenvalue weighted by Crippen LogP contribution is 2.22. The molecule has 0 bridgehead atoms. The van der Waals surface area contributed by atoms with Gasteiger partial charge in [-0.2, -0.15) is 0 Å². The average molecular weight is 313 g/mol. The number of ketones is 1. The van der Waals surface area contributed by atoms with Crippen molar-refractivity contribution in [3.63, 3.8) is 0 Å². The van der Waals surface area contributed by atoms with E-state index in [1.165, 1.54) is 12.5 Å². The lowest BCUT2D eigenvalue weighted by atomic mass is 10.0. The van der Waals surface area contributed by atoms with Gasteiger partial charge in [0.2, 0.25) is 5.91 Å². The number of hydrogen-bond acceptors (Lipinski definition) is 3. The van der Waals surface area contributed by atoms with Gasteiger partial charge >= 0.3 is 0 Å². The monoisotopic (exact) mass is 313 g/mol. The molecular formula is C19H23NO3. The molecule has 0 fully saturated rings. The molecule has 0 radical (unpaired) electrons. The van der Waals surface area contributed by atoms with E-state index in [4.69, 9.17) is 4.42 Å².